The maximum absolute atomic E-state index is 12.3. The predicted molar refractivity (Wildman–Crippen MR) is 96.2 cm³/mol. The van der Waals surface area contributed by atoms with Gasteiger partial charge in [-0.25, -0.2) is 0 Å². The fourth-order valence-corrected chi connectivity index (χ4v) is 3.77. The summed E-state index contributed by atoms with van der Waals surface area (Å²) in [7, 11) is 0. The first-order valence-corrected chi connectivity index (χ1v) is 8.78. The zero-order valence-corrected chi connectivity index (χ0v) is 13.7. The molecule has 0 atom stereocenters. The zero-order valence-electron chi connectivity index (χ0n) is 13.7. The van der Waals surface area contributed by atoms with Crippen molar-refractivity contribution in [3.05, 3.63) is 54.1 Å². The van der Waals surface area contributed by atoms with Gasteiger partial charge in [0.2, 0.25) is 0 Å². The summed E-state index contributed by atoms with van der Waals surface area (Å²) in [5, 5.41) is 0. The largest absolute Gasteiger partial charge is 0.399 e. The van der Waals surface area contributed by atoms with Crippen LogP contribution in [0.4, 0.5) is 10.1 Å². The molecular weight excluding hydrogens is 285 g/mol. The van der Waals surface area contributed by atoms with Crippen molar-refractivity contribution in [3.8, 4) is 11.1 Å². The van der Waals surface area contributed by atoms with Gasteiger partial charge in [0.15, 0.2) is 0 Å². The highest BCUT2D eigenvalue weighted by Gasteiger charge is 2.22. The van der Waals surface area contributed by atoms with Crippen molar-refractivity contribution in [2.24, 2.45) is 5.92 Å². The van der Waals surface area contributed by atoms with Gasteiger partial charge in [-0.2, -0.15) is 0 Å². The molecule has 1 aliphatic rings. The van der Waals surface area contributed by atoms with Crippen molar-refractivity contribution in [2.75, 3.05) is 12.4 Å². The van der Waals surface area contributed by atoms with E-state index in [0.717, 1.165) is 24.4 Å². The van der Waals surface area contributed by atoms with E-state index in [1.807, 2.05) is 12.1 Å². The Hall–Kier alpha value is -1.83. The maximum Gasteiger partial charge on any atom is 0.0894 e. The summed E-state index contributed by atoms with van der Waals surface area (Å²) in [4.78, 5) is 0. The van der Waals surface area contributed by atoms with E-state index in [-0.39, 0.29) is 6.67 Å². The Morgan fingerprint density at radius 1 is 0.826 bits per heavy atom. The van der Waals surface area contributed by atoms with Gasteiger partial charge in [0.05, 0.1) is 6.67 Å². The third-order valence-electron chi connectivity index (χ3n) is 5.22. The summed E-state index contributed by atoms with van der Waals surface area (Å²) in [6.07, 6.45) is 6.82. The van der Waals surface area contributed by atoms with E-state index < -0.39 is 0 Å². The number of halogens is 1. The van der Waals surface area contributed by atoms with E-state index >= 15 is 0 Å². The van der Waals surface area contributed by atoms with E-state index in [2.05, 4.69) is 36.4 Å². The van der Waals surface area contributed by atoms with Crippen LogP contribution in [0.25, 0.3) is 11.1 Å². The molecule has 0 radical (unpaired) electrons. The highest BCUT2D eigenvalue weighted by molar-refractivity contribution is 5.65. The summed E-state index contributed by atoms with van der Waals surface area (Å²) in [6.45, 7) is -0.160. The first kappa shape index (κ1) is 16.0. The van der Waals surface area contributed by atoms with Crippen LogP contribution in [0.3, 0.4) is 0 Å². The van der Waals surface area contributed by atoms with Gasteiger partial charge in [-0.3, -0.25) is 4.39 Å². The lowest BCUT2D eigenvalue weighted by atomic mass is 9.77. The lowest BCUT2D eigenvalue weighted by Gasteiger charge is -2.28. The molecule has 0 amide bonds. The topological polar surface area (TPSA) is 26.0 Å². The van der Waals surface area contributed by atoms with E-state index in [1.54, 1.807) is 0 Å². The summed E-state index contributed by atoms with van der Waals surface area (Å²) < 4.78 is 12.3. The number of hydrogen-bond donors (Lipinski definition) is 1. The average Bonchev–Trinajstić information content (AvgIpc) is 2.61. The molecule has 3 rings (SSSR count). The molecular formula is C21H26FN. The van der Waals surface area contributed by atoms with Crippen LogP contribution in [0.15, 0.2) is 48.5 Å². The Labute approximate surface area is 138 Å². The summed E-state index contributed by atoms with van der Waals surface area (Å²) in [5.41, 5.74) is 10.5. The van der Waals surface area contributed by atoms with Gasteiger partial charge in [-0.15, -0.1) is 0 Å². The molecule has 0 heterocycles. The minimum Gasteiger partial charge on any atom is -0.399 e. The number of alkyl halides is 1. The van der Waals surface area contributed by atoms with Crippen molar-refractivity contribution in [1.29, 1.82) is 0 Å². The van der Waals surface area contributed by atoms with Crippen molar-refractivity contribution in [2.45, 2.75) is 44.4 Å². The third-order valence-corrected chi connectivity index (χ3v) is 5.22. The van der Waals surface area contributed by atoms with Crippen LogP contribution in [0.5, 0.6) is 0 Å². The van der Waals surface area contributed by atoms with Crippen molar-refractivity contribution < 1.29 is 4.39 Å². The number of anilines is 1. The van der Waals surface area contributed by atoms with Crippen LogP contribution in [0, 0.1) is 5.92 Å². The fourth-order valence-electron chi connectivity index (χ4n) is 3.77. The quantitative estimate of drug-likeness (QED) is 0.677. The maximum atomic E-state index is 12.3. The molecule has 1 nitrogen and oxygen atoms in total. The van der Waals surface area contributed by atoms with E-state index in [1.165, 1.54) is 42.4 Å². The number of rotatable bonds is 5. The lowest BCUT2D eigenvalue weighted by Crippen LogP contribution is -2.13. The number of nitrogens with two attached hydrogens (primary N) is 1. The SMILES string of the molecule is Nc1ccc(-c2ccc(C3CCC(CCCF)CC3)cc2)cc1. The monoisotopic (exact) mass is 311 g/mol. The van der Waals surface area contributed by atoms with Gasteiger partial charge in [-0.05, 0) is 79.2 Å². The molecule has 0 spiro atoms. The highest BCUT2D eigenvalue weighted by atomic mass is 19.1. The minimum atomic E-state index is -0.160. The van der Waals surface area contributed by atoms with E-state index in [4.69, 9.17) is 5.73 Å². The Morgan fingerprint density at radius 3 is 1.96 bits per heavy atom. The minimum absolute atomic E-state index is 0.160. The van der Waals surface area contributed by atoms with Crippen LogP contribution in [-0.2, 0) is 0 Å². The number of nitrogen functional groups attached to an aromatic ring is 1. The second-order valence-electron chi connectivity index (χ2n) is 6.79. The van der Waals surface area contributed by atoms with Gasteiger partial charge in [-0.1, -0.05) is 36.4 Å². The number of hydrogen-bond acceptors (Lipinski definition) is 1. The molecule has 2 aromatic carbocycles. The van der Waals surface area contributed by atoms with Gasteiger partial charge < -0.3 is 5.73 Å². The van der Waals surface area contributed by atoms with Crippen LogP contribution >= 0.6 is 0 Å². The van der Waals surface area contributed by atoms with Crippen LogP contribution in [0.1, 0.15) is 50.0 Å². The Kier molecular flexibility index (Phi) is 5.32. The molecule has 0 aromatic heterocycles. The van der Waals surface area contributed by atoms with Crippen molar-refractivity contribution in [3.63, 3.8) is 0 Å². The molecule has 0 saturated heterocycles. The first-order valence-electron chi connectivity index (χ1n) is 8.78. The van der Waals surface area contributed by atoms with Crippen LogP contribution in [0.2, 0.25) is 0 Å². The van der Waals surface area contributed by atoms with Gasteiger partial charge in [0.1, 0.15) is 0 Å². The van der Waals surface area contributed by atoms with Crippen molar-refractivity contribution in [1.82, 2.24) is 0 Å². The molecule has 0 unspecified atom stereocenters. The normalized spacial score (nSPS) is 21.3. The Morgan fingerprint density at radius 2 is 1.39 bits per heavy atom. The molecule has 0 bridgehead atoms. The predicted octanol–water partition coefficient (Wildman–Crippen LogP) is 5.96. The Bertz CT molecular complexity index is 595. The van der Waals surface area contributed by atoms with Crippen molar-refractivity contribution >= 4 is 5.69 Å². The van der Waals surface area contributed by atoms with Crippen LogP contribution in [-0.4, -0.2) is 6.67 Å². The highest BCUT2D eigenvalue weighted by Crippen LogP contribution is 2.38. The molecule has 122 valence electrons. The van der Waals surface area contributed by atoms with E-state index in [0.29, 0.717) is 5.92 Å². The average molecular weight is 311 g/mol. The first-order chi connectivity index (χ1) is 11.3. The fraction of sp³-hybridized carbons (Fsp3) is 0.429. The van der Waals surface area contributed by atoms with Gasteiger partial charge >= 0.3 is 0 Å². The van der Waals surface area contributed by atoms with Crippen LogP contribution < -0.4 is 5.73 Å². The summed E-state index contributed by atoms with van der Waals surface area (Å²) in [6, 6.07) is 17.0. The molecule has 2 aromatic rings. The molecule has 1 fully saturated rings. The van der Waals surface area contributed by atoms with Gasteiger partial charge in [0, 0.05) is 5.69 Å². The molecule has 0 aliphatic heterocycles. The summed E-state index contributed by atoms with van der Waals surface area (Å²) >= 11 is 0. The molecule has 23 heavy (non-hydrogen) atoms. The standard InChI is InChI=1S/C21H26FN/c22-15-1-2-16-3-5-17(6-4-16)18-7-9-19(10-8-18)20-11-13-21(23)14-12-20/h7-14,16-17H,1-6,15,23H2. The molecule has 1 saturated carbocycles. The Balaban J connectivity index is 1.61. The zero-order chi connectivity index (χ0) is 16.1. The molecule has 2 heteroatoms. The smallest absolute Gasteiger partial charge is 0.0894 e. The third kappa shape index (κ3) is 4.13. The summed E-state index contributed by atoms with van der Waals surface area (Å²) in [5.74, 6) is 1.42. The second kappa shape index (κ2) is 7.63. The van der Waals surface area contributed by atoms with E-state index in [9.17, 15) is 4.39 Å². The number of benzene rings is 2. The van der Waals surface area contributed by atoms with Gasteiger partial charge in [0.25, 0.3) is 0 Å². The lowest BCUT2D eigenvalue weighted by molar-refractivity contribution is 0.293. The molecule has 2 N–H and O–H groups in total. The second-order valence-corrected chi connectivity index (χ2v) is 6.79. The molecule has 1 aliphatic carbocycles.